The van der Waals surface area contributed by atoms with Crippen molar-refractivity contribution < 1.29 is 42.3 Å². The number of benzene rings is 2. The Labute approximate surface area is 228 Å². The van der Waals surface area contributed by atoms with Gasteiger partial charge in [0, 0.05) is 25.2 Å². The number of carbonyl (C=O) groups excluding carboxylic acids is 2. The van der Waals surface area contributed by atoms with Crippen LogP contribution < -0.4 is 10.6 Å². The first-order chi connectivity index (χ1) is 18.5. The molecule has 12 nitrogen and oxygen atoms in total. The summed E-state index contributed by atoms with van der Waals surface area (Å²) in [5, 5.41) is 6.76. The maximum Gasteiger partial charge on any atom is 0.469 e. The van der Waals surface area contributed by atoms with Gasteiger partial charge in [-0.05, 0) is 23.1 Å². The SMILES string of the molecule is CN(C(=O)NCc1cccc(F)c1Cl)[C@@H](COCCOP(=O)(O)O)COC(=O)Nc1cc2ccccc2cn1. The number of hydrogen-bond donors (Lipinski definition) is 4. The van der Waals surface area contributed by atoms with E-state index in [0.29, 0.717) is 5.56 Å². The molecular formula is C24H27ClFN4O8P. The molecule has 0 bridgehead atoms. The lowest BCUT2D eigenvalue weighted by molar-refractivity contribution is 0.0318. The van der Waals surface area contributed by atoms with Crippen LogP contribution in [0.25, 0.3) is 10.8 Å². The summed E-state index contributed by atoms with van der Waals surface area (Å²) >= 11 is 5.94. The summed E-state index contributed by atoms with van der Waals surface area (Å²) in [5.41, 5.74) is 0.360. The highest BCUT2D eigenvalue weighted by Gasteiger charge is 2.23. The van der Waals surface area contributed by atoms with Gasteiger partial charge in [0.2, 0.25) is 0 Å². The molecule has 0 radical (unpaired) electrons. The molecule has 39 heavy (non-hydrogen) atoms. The van der Waals surface area contributed by atoms with E-state index in [4.69, 9.17) is 30.9 Å². The van der Waals surface area contributed by atoms with Gasteiger partial charge in [0.1, 0.15) is 18.2 Å². The number of amides is 3. The fourth-order valence-electron chi connectivity index (χ4n) is 3.32. The normalized spacial score (nSPS) is 12.1. The van der Waals surface area contributed by atoms with Crippen molar-refractivity contribution in [3.8, 4) is 0 Å². The second-order valence-electron chi connectivity index (χ2n) is 8.18. The number of halogens is 2. The molecule has 0 saturated heterocycles. The zero-order valence-corrected chi connectivity index (χ0v) is 22.4. The zero-order chi connectivity index (χ0) is 28.4. The molecule has 1 heterocycles. The molecule has 0 fully saturated rings. The molecular weight excluding hydrogens is 558 g/mol. The highest BCUT2D eigenvalue weighted by molar-refractivity contribution is 7.46. The molecule has 0 unspecified atom stereocenters. The van der Waals surface area contributed by atoms with Crippen molar-refractivity contribution in [2.75, 3.05) is 38.8 Å². The van der Waals surface area contributed by atoms with E-state index in [9.17, 15) is 18.5 Å². The second-order valence-corrected chi connectivity index (χ2v) is 9.79. The van der Waals surface area contributed by atoms with Crippen LogP contribution in [0, 0.1) is 5.82 Å². The van der Waals surface area contributed by atoms with Gasteiger partial charge in [-0.1, -0.05) is 48.0 Å². The van der Waals surface area contributed by atoms with Crippen molar-refractivity contribution in [1.29, 1.82) is 0 Å². The minimum absolute atomic E-state index is 0.0710. The lowest BCUT2D eigenvalue weighted by atomic mass is 10.2. The average Bonchev–Trinajstić information content (AvgIpc) is 2.89. The quantitative estimate of drug-likeness (QED) is 0.183. The predicted molar refractivity (Wildman–Crippen MR) is 141 cm³/mol. The van der Waals surface area contributed by atoms with Crippen molar-refractivity contribution in [3.05, 3.63) is 71.1 Å². The molecule has 0 saturated carbocycles. The highest BCUT2D eigenvalue weighted by Crippen LogP contribution is 2.35. The van der Waals surface area contributed by atoms with E-state index in [1.54, 1.807) is 18.3 Å². The number of nitrogens with zero attached hydrogens (tertiary/aromatic N) is 2. The van der Waals surface area contributed by atoms with Gasteiger partial charge < -0.3 is 29.5 Å². The van der Waals surface area contributed by atoms with E-state index >= 15 is 0 Å². The van der Waals surface area contributed by atoms with Crippen LogP contribution in [0.5, 0.6) is 0 Å². The Bertz CT molecular complexity index is 1340. The number of nitrogens with one attached hydrogen (secondary N) is 2. The number of fused-ring (bicyclic) bond motifs is 1. The van der Waals surface area contributed by atoms with Crippen molar-refractivity contribution >= 4 is 48.1 Å². The minimum atomic E-state index is -4.66. The van der Waals surface area contributed by atoms with Crippen molar-refractivity contribution in [3.63, 3.8) is 0 Å². The van der Waals surface area contributed by atoms with Gasteiger partial charge in [0.25, 0.3) is 0 Å². The molecule has 0 aliphatic heterocycles. The van der Waals surface area contributed by atoms with Crippen LogP contribution in [-0.2, 0) is 25.1 Å². The van der Waals surface area contributed by atoms with Gasteiger partial charge in [-0.3, -0.25) is 9.84 Å². The lowest BCUT2D eigenvalue weighted by Crippen LogP contribution is -2.48. The maximum atomic E-state index is 13.7. The summed E-state index contributed by atoms with van der Waals surface area (Å²) < 4.78 is 39.5. The van der Waals surface area contributed by atoms with Crippen LogP contribution >= 0.6 is 19.4 Å². The number of aromatic nitrogens is 1. The summed E-state index contributed by atoms with van der Waals surface area (Å²) in [6.07, 6.45) is 0.776. The number of phosphoric acid groups is 1. The number of rotatable bonds is 12. The van der Waals surface area contributed by atoms with E-state index in [2.05, 4.69) is 20.1 Å². The smallest absolute Gasteiger partial charge is 0.447 e. The van der Waals surface area contributed by atoms with E-state index in [0.717, 1.165) is 10.8 Å². The first-order valence-corrected chi connectivity index (χ1v) is 13.4. The Morgan fingerprint density at radius 2 is 1.87 bits per heavy atom. The number of hydrogen-bond acceptors (Lipinski definition) is 7. The summed E-state index contributed by atoms with van der Waals surface area (Å²) in [7, 11) is -3.24. The number of carbonyl (C=O) groups is 2. The Hall–Kier alpha value is -3.32. The molecule has 0 spiro atoms. The Morgan fingerprint density at radius 3 is 2.62 bits per heavy atom. The molecule has 2 aromatic carbocycles. The predicted octanol–water partition coefficient (Wildman–Crippen LogP) is 3.91. The number of ether oxygens (including phenoxy) is 2. The summed E-state index contributed by atoms with van der Waals surface area (Å²) in [4.78, 5) is 48.1. The summed E-state index contributed by atoms with van der Waals surface area (Å²) in [5.74, 6) is -0.361. The van der Waals surface area contributed by atoms with Gasteiger partial charge in [-0.15, -0.1) is 0 Å². The number of likely N-dealkylation sites (N-methyl/N-ethyl adjacent to an activating group) is 1. The van der Waals surface area contributed by atoms with Gasteiger partial charge in [0.05, 0.1) is 30.9 Å². The third-order valence-corrected chi connectivity index (χ3v) is 6.34. The van der Waals surface area contributed by atoms with Crippen LogP contribution in [0.3, 0.4) is 0 Å². The summed E-state index contributed by atoms with van der Waals surface area (Å²) in [6.45, 7) is -1.15. The average molecular weight is 585 g/mol. The zero-order valence-electron chi connectivity index (χ0n) is 20.8. The van der Waals surface area contributed by atoms with Crippen LogP contribution in [-0.4, -0.2) is 71.3 Å². The molecule has 1 atom stereocenters. The highest BCUT2D eigenvalue weighted by atomic mass is 35.5. The largest absolute Gasteiger partial charge is 0.469 e. The fourth-order valence-corrected chi connectivity index (χ4v) is 3.82. The van der Waals surface area contributed by atoms with Gasteiger partial charge >= 0.3 is 19.9 Å². The minimum Gasteiger partial charge on any atom is -0.447 e. The molecule has 0 aliphatic carbocycles. The fraction of sp³-hybridized carbons (Fsp3) is 0.292. The summed E-state index contributed by atoms with van der Waals surface area (Å²) in [6, 6.07) is 11.9. The van der Waals surface area contributed by atoms with Gasteiger partial charge in [-0.25, -0.2) is 23.5 Å². The van der Waals surface area contributed by atoms with Crippen molar-refractivity contribution in [2.45, 2.75) is 12.6 Å². The van der Waals surface area contributed by atoms with Gasteiger partial charge in [0.15, 0.2) is 0 Å². The Morgan fingerprint density at radius 1 is 1.13 bits per heavy atom. The van der Waals surface area contributed by atoms with Crippen molar-refractivity contribution in [1.82, 2.24) is 15.2 Å². The molecule has 3 amide bonds. The maximum absolute atomic E-state index is 13.7. The third kappa shape index (κ3) is 9.74. The Balaban J connectivity index is 1.58. The number of phosphoric ester groups is 1. The monoisotopic (exact) mass is 584 g/mol. The van der Waals surface area contributed by atoms with Gasteiger partial charge in [-0.2, -0.15) is 0 Å². The Kier molecular flexibility index (Phi) is 11.0. The van der Waals surface area contributed by atoms with E-state index in [1.165, 1.54) is 24.1 Å². The van der Waals surface area contributed by atoms with Crippen LogP contribution in [0.15, 0.2) is 54.7 Å². The first-order valence-electron chi connectivity index (χ1n) is 11.5. The van der Waals surface area contributed by atoms with Crippen LogP contribution in [0.4, 0.5) is 19.8 Å². The number of anilines is 1. The molecule has 4 N–H and O–H groups in total. The molecule has 210 valence electrons. The molecule has 3 aromatic rings. The van der Waals surface area contributed by atoms with Crippen molar-refractivity contribution in [2.24, 2.45) is 0 Å². The number of urea groups is 1. The first kappa shape index (κ1) is 30.2. The third-order valence-electron chi connectivity index (χ3n) is 5.39. The van der Waals surface area contributed by atoms with E-state index in [1.807, 2.05) is 24.3 Å². The standard InChI is InChI=1S/C24H27ClFN4O8P/c1-30(23(31)28-13-18-7-4-8-20(26)22(18)25)19(14-36-9-10-38-39(33,34)35)15-37-24(32)29-21-11-16-5-2-3-6-17(16)12-27-21/h2-8,11-12,19H,9-10,13-15H2,1H3,(H,28,31)(H,27,29,32)(H2,33,34,35)/t19-/m0/s1. The van der Waals surface area contributed by atoms with E-state index < -0.39 is 38.4 Å². The molecule has 15 heteroatoms. The molecule has 1 aromatic heterocycles. The van der Waals surface area contributed by atoms with E-state index in [-0.39, 0.29) is 37.2 Å². The van der Waals surface area contributed by atoms with Crippen LogP contribution in [0.2, 0.25) is 5.02 Å². The number of pyridine rings is 1. The molecule has 3 rings (SSSR count). The topological polar surface area (TPSA) is 160 Å². The molecule has 0 aliphatic rings. The van der Waals surface area contributed by atoms with Crippen LogP contribution in [0.1, 0.15) is 5.56 Å². The lowest BCUT2D eigenvalue weighted by Gasteiger charge is -2.28. The second kappa shape index (κ2) is 14.2.